The fourth-order valence-corrected chi connectivity index (χ4v) is 3.77. The lowest BCUT2D eigenvalue weighted by Gasteiger charge is -2.15. The van der Waals surface area contributed by atoms with Gasteiger partial charge in [-0.1, -0.05) is 18.5 Å². The summed E-state index contributed by atoms with van der Waals surface area (Å²) < 4.78 is 4.80. The molecular weight excluding hydrogens is 306 g/mol. The first-order chi connectivity index (χ1) is 10.1. The average molecular weight is 328 g/mol. The van der Waals surface area contributed by atoms with Crippen LogP contribution in [0.25, 0.3) is 0 Å². The number of ether oxygens (including phenoxy) is 1. The van der Waals surface area contributed by atoms with Crippen molar-refractivity contribution in [2.75, 3.05) is 19.4 Å². The first-order valence-corrected chi connectivity index (χ1v) is 8.64. The van der Waals surface area contributed by atoms with Gasteiger partial charge in [-0.2, -0.15) is 0 Å². The molecular formula is C16H22ClNO2S. The molecule has 0 aliphatic heterocycles. The number of hydrogen-bond donors (Lipinski definition) is 1. The molecule has 21 heavy (non-hydrogen) atoms. The summed E-state index contributed by atoms with van der Waals surface area (Å²) in [5.74, 6) is 0.861. The van der Waals surface area contributed by atoms with Crippen LogP contribution in [0.1, 0.15) is 31.7 Å². The SMILES string of the molecule is CCNCc1cc(Cl)ccc1SCC1(CC(=O)OC)CC1. The molecule has 1 N–H and O–H groups in total. The fraction of sp³-hybridized carbons (Fsp3) is 0.562. The van der Waals surface area contributed by atoms with Crippen molar-refractivity contribution < 1.29 is 9.53 Å². The van der Waals surface area contributed by atoms with E-state index in [1.165, 1.54) is 17.6 Å². The zero-order valence-electron chi connectivity index (χ0n) is 12.6. The molecule has 0 atom stereocenters. The maximum atomic E-state index is 11.5. The molecule has 0 aromatic heterocycles. The molecule has 0 heterocycles. The quantitative estimate of drug-likeness (QED) is 0.581. The van der Waals surface area contributed by atoms with Crippen LogP contribution >= 0.6 is 23.4 Å². The van der Waals surface area contributed by atoms with Crippen LogP contribution in [-0.2, 0) is 16.1 Å². The molecule has 0 radical (unpaired) electrons. The second-order valence-electron chi connectivity index (χ2n) is 5.57. The van der Waals surface area contributed by atoms with Crippen LogP contribution in [0, 0.1) is 5.41 Å². The van der Waals surface area contributed by atoms with E-state index >= 15 is 0 Å². The van der Waals surface area contributed by atoms with E-state index in [0.717, 1.165) is 36.7 Å². The third-order valence-corrected chi connectivity index (χ3v) is 5.53. The summed E-state index contributed by atoms with van der Waals surface area (Å²) in [6, 6.07) is 6.03. The Labute approximate surface area is 135 Å². The molecule has 1 aromatic rings. The normalized spacial score (nSPS) is 15.8. The monoisotopic (exact) mass is 327 g/mol. The molecule has 116 valence electrons. The second kappa shape index (κ2) is 7.52. The molecule has 0 amide bonds. The number of nitrogens with one attached hydrogen (secondary N) is 1. The third-order valence-electron chi connectivity index (χ3n) is 3.83. The van der Waals surface area contributed by atoms with E-state index in [9.17, 15) is 4.79 Å². The summed E-state index contributed by atoms with van der Waals surface area (Å²) >= 11 is 7.91. The lowest BCUT2D eigenvalue weighted by atomic mass is 10.1. The minimum absolute atomic E-state index is 0.0999. The van der Waals surface area contributed by atoms with Gasteiger partial charge >= 0.3 is 5.97 Å². The summed E-state index contributed by atoms with van der Waals surface area (Å²) in [4.78, 5) is 12.7. The number of esters is 1. The van der Waals surface area contributed by atoms with Crippen LogP contribution < -0.4 is 5.32 Å². The van der Waals surface area contributed by atoms with Crippen molar-refractivity contribution >= 4 is 29.3 Å². The highest BCUT2D eigenvalue weighted by atomic mass is 35.5. The highest BCUT2D eigenvalue weighted by Gasteiger charge is 2.44. The summed E-state index contributed by atoms with van der Waals surface area (Å²) in [7, 11) is 1.46. The van der Waals surface area contributed by atoms with Crippen molar-refractivity contribution in [3.8, 4) is 0 Å². The van der Waals surface area contributed by atoms with Crippen molar-refractivity contribution in [2.24, 2.45) is 5.41 Å². The van der Waals surface area contributed by atoms with Crippen LogP contribution in [0.5, 0.6) is 0 Å². The predicted octanol–water partition coefficient (Wildman–Crippen LogP) is 3.88. The van der Waals surface area contributed by atoms with Gasteiger partial charge in [0.1, 0.15) is 0 Å². The maximum Gasteiger partial charge on any atom is 0.306 e. The number of carbonyl (C=O) groups is 1. The van der Waals surface area contributed by atoms with Crippen LogP contribution in [0.2, 0.25) is 5.02 Å². The van der Waals surface area contributed by atoms with E-state index in [1.54, 1.807) is 0 Å². The van der Waals surface area contributed by atoms with Gasteiger partial charge in [0.25, 0.3) is 0 Å². The molecule has 1 aliphatic rings. The summed E-state index contributed by atoms with van der Waals surface area (Å²) in [6.07, 6.45) is 2.77. The van der Waals surface area contributed by atoms with Gasteiger partial charge in [0, 0.05) is 22.2 Å². The van der Waals surface area contributed by atoms with Gasteiger partial charge in [-0.25, -0.2) is 0 Å². The smallest absolute Gasteiger partial charge is 0.306 e. The van der Waals surface area contributed by atoms with Crippen molar-refractivity contribution in [3.63, 3.8) is 0 Å². The highest BCUT2D eigenvalue weighted by molar-refractivity contribution is 7.99. The number of methoxy groups -OCH3 is 1. The lowest BCUT2D eigenvalue weighted by molar-refractivity contribution is -0.141. The summed E-state index contributed by atoms with van der Waals surface area (Å²) in [5, 5.41) is 4.11. The summed E-state index contributed by atoms with van der Waals surface area (Å²) in [6.45, 7) is 3.85. The number of halogens is 1. The first-order valence-electron chi connectivity index (χ1n) is 7.27. The van der Waals surface area contributed by atoms with Gasteiger partial charge in [-0.05, 0) is 48.6 Å². The Hall–Kier alpha value is -0.710. The van der Waals surface area contributed by atoms with Crippen LogP contribution in [0.15, 0.2) is 23.1 Å². The number of rotatable bonds is 8. The Morgan fingerprint density at radius 1 is 1.48 bits per heavy atom. The van der Waals surface area contributed by atoms with Gasteiger partial charge in [-0.3, -0.25) is 4.79 Å². The largest absolute Gasteiger partial charge is 0.469 e. The Morgan fingerprint density at radius 3 is 2.86 bits per heavy atom. The predicted molar refractivity (Wildman–Crippen MR) is 87.9 cm³/mol. The molecule has 3 nitrogen and oxygen atoms in total. The molecule has 1 aromatic carbocycles. The topological polar surface area (TPSA) is 38.3 Å². The number of benzene rings is 1. The van der Waals surface area contributed by atoms with E-state index in [0.29, 0.717) is 6.42 Å². The van der Waals surface area contributed by atoms with E-state index in [4.69, 9.17) is 16.3 Å². The van der Waals surface area contributed by atoms with Crippen LogP contribution in [0.4, 0.5) is 0 Å². The van der Waals surface area contributed by atoms with Crippen LogP contribution in [-0.4, -0.2) is 25.4 Å². The first kappa shape index (κ1) is 16.7. The van der Waals surface area contributed by atoms with E-state index in [-0.39, 0.29) is 11.4 Å². The minimum Gasteiger partial charge on any atom is -0.469 e. The Bertz CT molecular complexity index is 503. The van der Waals surface area contributed by atoms with Crippen molar-refractivity contribution in [3.05, 3.63) is 28.8 Å². The van der Waals surface area contributed by atoms with Gasteiger partial charge in [0.15, 0.2) is 0 Å². The second-order valence-corrected chi connectivity index (χ2v) is 7.03. The Kier molecular flexibility index (Phi) is 5.97. The lowest BCUT2D eigenvalue weighted by Crippen LogP contribution is -2.14. The molecule has 0 unspecified atom stereocenters. The zero-order valence-corrected chi connectivity index (χ0v) is 14.1. The van der Waals surface area contributed by atoms with E-state index in [1.807, 2.05) is 23.9 Å². The zero-order chi connectivity index (χ0) is 15.3. The Morgan fingerprint density at radius 2 is 2.24 bits per heavy atom. The van der Waals surface area contributed by atoms with Gasteiger partial charge < -0.3 is 10.1 Å². The minimum atomic E-state index is -0.0999. The van der Waals surface area contributed by atoms with Crippen molar-refractivity contribution in [1.82, 2.24) is 5.32 Å². The number of carbonyl (C=O) groups excluding carboxylic acids is 1. The molecule has 0 bridgehead atoms. The molecule has 5 heteroatoms. The molecule has 1 aliphatic carbocycles. The standard InChI is InChI=1S/C16H22ClNO2S/c1-3-18-10-12-8-13(17)4-5-14(12)21-11-16(6-7-16)9-15(19)20-2/h4-5,8,18H,3,6-7,9-11H2,1-2H3. The average Bonchev–Trinajstić information content (AvgIpc) is 3.23. The molecule has 1 fully saturated rings. The fourth-order valence-electron chi connectivity index (χ4n) is 2.24. The molecule has 1 saturated carbocycles. The van der Waals surface area contributed by atoms with Gasteiger partial charge in [0.05, 0.1) is 13.5 Å². The Balaban J connectivity index is 1.98. The van der Waals surface area contributed by atoms with Crippen LogP contribution in [0.3, 0.4) is 0 Å². The molecule has 2 rings (SSSR count). The molecule has 0 spiro atoms. The van der Waals surface area contributed by atoms with Gasteiger partial charge in [-0.15, -0.1) is 11.8 Å². The van der Waals surface area contributed by atoms with Crippen molar-refractivity contribution in [2.45, 2.75) is 37.6 Å². The third kappa shape index (κ3) is 4.90. The number of thioether (sulfide) groups is 1. The highest BCUT2D eigenvalue weighted by Crippen LogP contribution is 2.52. The summed E-state index contributed by atoms with van der Waals surface area (Å²) in [5.41, 5.74) is 1.37. The molecule has 0 saturated heterocycles. The number of hydrogen-bond acceptors (Lipinski definition) is 4. The maximum absolute atomic E-state index is 11.5. The van der Waals surface area contributed by atoms with E-state index in [2.05, 4.69) is 18.3 Å². The van der Waals surface area contributed by atoms with E-state index < -0.39 is 0 Å². The van der Waals surface area contributed by atoms with Gasteiger partial charge in [0.2, 0.25) is 0 Å². The van der Waals surface area contributed by atoms with Crippen molar-refractivity contribution in [1.29, 1.82) is 0 Å².